The molecule has 0 bridgehead atoms. The lowest BCUT2D eigenvalue weighted by atomic mass is 10.1. The van der Waals surface area contributed by atoms with Crippen molar-refractivity contribution < 1.29 is 4.79 Å². The van der Waals surface area contributed by atoms with Gasteiger partial charge in [-0.25, -0.2) is 0 Å². The van der Waals surface area contributed by atoms with Crippen molar-refractivity contribution in [2.45, 2.75) is 45.6 Å². The second-order valence-electron chi connectivity index (χ2n) is 4.46. The molecule has 0 saturated carbocycles. The van der Waals surface area contributed by atoms with Crippen molar-refractivity contribution in [3.05, 3.63) is 0 Å². The van der Waals surface area contributed by atoms with Crippen molar-refractivity contribution in [3.63, 3.8) is 0 Å². The fourth-order valence-electron chi connectivity index (χ4n) is 1.30. The van der Waals surface area contributed by atoms with E-state index in [2.05, 4.69) is 45.6 Å². The van der Waals surface area contributed by atoms with Gasteiger partial charge in [-0.3, -0.25) is 8.32 Å². The summed E-state index contributed by atoms with van der Waals surface area (Å²) in [5, 5.41) is 2.87. The van der Waals surface area contributed by atoms with Crippen LogP contribution in [0.1, 0.15) is 39.5 Å². The van der Waals surface area contributed by atoms with E-state index in [4.69, 9.17) is 5.73 Å². The topological polar surface area (TPSA) is 67.2 Å². The molecule has 0 radical (unpaired) electrons. The van der Waals surface area contributed by atoms with Crippen LogP contribution in [-0.2, 0) is 4.79 Å². The molecule has 0 aliphatic heterocycles. The van der Waals surface area contributed by atoms with E-state index in [1.165, 1.54) is 0 Å². The van der Waals surface area contributed by atoms with Crippen LogP contribution in [0.15, 0.2) is 0 Å². The van der Waals surface area contributed by atoms with Gasteiger partial charge in [-0.2, -0.15) is 0 Å². The number of nitrogens with one attached hydrogen (secondary N) is 2. The van der Waals surface area contributed by atoms with Crippen molar-refractivity contribution in [1.29, 1.82) is 0 Å². The number of unbranched alkanes of at least 4 members (excludes halogenated alkanes) is 1. The summed E-state index contributed by atoms with van der Waals surface area (Å²) in [6, 6.07) is -0.346. The van der Waals surface area contributed by atoms with E-state index in [0.717, 1.165) is 38.8 Å². The van der Waals surface area contributed by atoms with Crippen molar-refractivity contribution in [1.82, 2.24) is 8.85 Å². The quantitative estimate of drug-likeness (QED) is 0.339. The van der Waals surface area contributed by atoms with E-state index >= 15 is 0 Å². The summed E-state index contributed by atoms with van der Waals surface area (Å²) in [4.78, 5) is 11.5. The van der Waals surface area contributed by atoms with Gasteiger partial charge in [0.1, 0.15) is 0 Å². The minimum atomic E-state index is -0.346. The Labute approximate surface area is 113 Å². The molecule has 1 unspecified atom stereocenters. The van der Waals surface area contributed by atoms with E-state index in [-0.39, 0.29) is 11.9 Å². The number of hydrogen-bond donors (Lipinski definition) is 3. The molecule has 0 fully saturated rings. The van der Waals surface area contributed by atoms with Crippen molar-refractivity contribution in [2.24, 2.45) is 11.7 Å². The lowest BCUT2D eigenvalue weighted by Gasteiger charge is -2.12. The molecule has 1 amide bonds. The van der Waals surface area contributed by atoms with Crippen LogP contribution in [0.3, 0.4) is 0 Å². The molecule has 0 rings (SSSR count). The van der Waals surface area contributed by atoms with Gasteiger partial charge in [0.25, 0.3) is 0 Å². The second-order valence-corrected chi connectivity index (χ2v) is 5.22. The standard InChI is InChI=1S/C11H24IN3O/c1-9(2)6-8-14-11(16)10(13)5-3-4-7-15-12/h9-10,15H,3-8,13H2,1-2H3,(H,14,16). The highest BCUT2D eigenvalue weighted by Crippen LogP contribution is 2.00. The van der Waals surface area contributed by atoms with Crippen LogP contribution in [0.5, 0.6) is 0 Å². The predicted molar refractivity (Wildman–Crippen MR) is 76.3 cm³/mol. The maximum Gasteiger partial charge on any atom is 0.236 e. The Hall–Kier alpha value is 0.120. The Kier molecular flexibility index (Phi) is 10.4. The van der Waals surface area contributed by atoms with Gasteiger partial charge in [-0.05, 0) is 25.2 Å². The van der Waals surface area contributed by atoms with Crippen LogP contribution in [0.25, 0.3) is 0 Å². The lowest BCUT2D eigenvalue weighted by molar-refractivity contribution is -0.122. The largest absolute Gasteiger partial charge is 0.355 e. The maximum atomic E-state index is 11.5. The van der Waals surface area contributed by atoms with Gasteiger partial charge in [0.05, 0.1) is 6.04 Å². The summed E-state index contributed by atoms with van der Waals surface area (Å²) in [5.41, 5.74) is 5.78. The zero-order valence-electron chi connectivity index (χ0n) is 10.3. The third-order valence-corrected chi connectivity index (χ3v) is 2.93. The minimum Gasteiger partial charge on any atom is -0.355 e. The summed E-state index contributed by atoms with van der Waals surface area (Å²) in [5.74, 6) is 0.606. The minimum absolute atomic E-state index is 0.0110. The number of carbonyl (C=O) groups is 1. The molecule has 0 aromatic rings. The van der Waals surface area contributed by atoms with Crippen molar-refractivity contribution in [2.75, 3.05) is 13.1 Å². The SMILES string of the molecule is CC(C)CCNC(=O)C(N)CCCCNI. The summed E-state index contributed by atoms with van der Waals surface area (Å²) in [6.45, 7) is 5.99. The third-order valence-electron chi connectivity index (χ3n) is 2.39. The van der Waals surface area contributed by atoms with Crippen LogP contribution in [-0.4, -0.2) is 25.0 Å². The van der Waals surface area contributed by atoms with Gasteiger partial charge in [-0.1, -0.05) is 20.3 Å². The molecule has 1 atom stereocenters. The van der Waals surface area contributed by atoms with E-state index < -0.39 is 0 Å². The van der Waals surface area contributed by atoms with Crippen LogP contribution < -0.4 is 14.6 Å². The molecule has 5 heteroatoms. The third kappa shape index (κ3) is 9.35. The number of amides is 1. The van der Waals surface area contributed by atoms with Gasteiger partial charge < -0.3 is 11.1 Å². The highest BCUT2D eigenvalue weighted by atomic mass is 127. The molecule has 0 aliphatic carbocycles. The highest BCUT2D eigenvalue weighted by molar-refractivity contribution is 14.1. The van der Waals surface area contributed by atoms with Gasteiger partial charge in [-0.15, -0.1) is 0 Å². The van der Waals surface area contributed by atoms with Crippen LogP contribution >= 0.6 is 22.9 Å². The van der Waals surface area contributed by atoms with Gasteiger partial charge in [0.15, 0.2) is 0 Å². The van der Waals surface area contributed by atoms with Crippen molar-refractivity contribution in [3.8, 4) is 0 Å². The lowest BCUT2D eigenvalue weighted by Crippen LogP contribution is -2.41. The summed E-state index contributed by atoms with van der Waals surface area (Å²) < 4.78 is 3.05. The number of hydrogen-bond acceptors (Lipinski definition) is 3. The first-order valence-electron chi connectivity index (χ1n) is 5.94. The fourth-order valence-corrected chi connectivity index (χ4v) is 1.68. The number of carbonyl (C=O) groups excluding carboxylic acids is 1. The highest BCUT2D eigenvalue weighted by Gasteiger charge is 2.11. The van der Waals surface area contributed by atoms with Crippen LogP contribution in [0.2, 0.25) is 0 Å². The molecule has 0 saturated heterocycles. The normalized spacial score (nSPS) is 12.8. The van der Waals surface area contributed by atoms with Gasteiger partial charge >= 0.3 is 0 Å². The Morgan fingerprint density at radius 2 is 1.94 bits per heavy atom. The molecule has 96 valence electrons. The van der Waals surface area contributed by atoms with E-state index in [9.17, 15) is 4.79 Å². The molecular weight excluding hydrogens is 317 g/mol. The predicted octanol–water partition coefficient (Wildman–Crippen LogP) is 1.59. The van der Waals surface area contributed by atoms with Gasteiger partial charge in [0, 0.05) is 36.0 Å². The first kappa shape index (κ1) is 16.1. The number of rotatable bonds is 9. The van der Waals surface area contributed by atoms with Crippen LogP contribution in [0, 0.1) is 5.92 Å². The summed E-state index contributed by atoms with van der Waals surface area (Å²) in [6.07, 6.45) is 3.84. The molecule has 0 aromatic carbocycles. The van der Waals surface area contributed by atoms with E-state index in [1.54, 1.807) is 0 Å². The Morgan fingerprint density at radius 3 is 2.50 bits per heavy atom. The van der Waals surface area contributed by atoms with Gasteiger partial charge in [0.2, 0.25) is 5.91 Å². The number of nitrogens with two attached hydrogens (primary N) is 1. The molecule has 4 N–H and O–H groups in total. The average molecular weight is 341 g/mol. The van der Waals surface area contributed by atoms with E-state index in [0.29, 0.717) is 5.92 Å². The molecule has 16 heavy (non-hydrogen) atoms. The Morgan fingerprint density at radius 1 is 1.25 bits per heavy atom. The maximum absolute atomic E-state index is 11.5. The Balaban J connectivity index is 3.49. The average Bonchev–Trinajstić information content (AvgIpc) is 2.23. The second kappa shape index (κ2) is 10.3. The molecular formula is C11H24IN3O. The molecule has 0 aromatic heterocycles. The Bertz CT molecular complexity index is 188. The summed E-state index contributed by atoms with van der Waals surface area (Å²) in [7, 11) is 0. The molecule has 4 nitrogen and oxygen atoms in total. The monoisotopic (exact) mass is 341 g/mol. The zero-order valence-corrected chi connectivity index (χ0v) is 12.4. The molecule has 0 aliphatic rings. The fraction of sp³-hybridized carbons (Fsp3) is 0.909. The van der Waals surface area contributed by atoms with Crippen LogP contribution in [0.4, 0.5) is 0 Å². The molecule has 0 heterocycles. The zero-order chi connectivity index (χ0) is 12.4. The van der Waals surface area contributed by atoms with Crippen molar-refractivity contribution >= 4 is 28.8 Å². The summed E-state index contributed by atoms with van der Waals surface area (Å²) >= 11 is 2.12. The molecule has 0 spiro atoms. The smallest absolute Gasteiger partial charge is 0.236 e. The van der Waals surface area contributed by atoms with E-state index in [1.807, 2.05) is 0 Å². The number of halogens is 1. The first-order valence-corrected chi connectivity index (χ1v) is 7.02. The first-order chi connectivity index (χ1) is 7.57.